The van der Waals surface area contributed by atoms with E-state index >= 15 is 0 Å². The average Bonchev–Trinajstić information content (AvgIpc) is 3.23. The Bertz CT molecular complexity index is 476. The van der Waals surface area contributed by atoms with E-state index in [2.05, 4.69) is 15.7 Å². The number of nitrogens with one attached hydrogen (secondary N) is 1. The quantitative estimate of drug-likeness (QED) is 0.886. The molecule has 3 nitrogen and oxygen atoms in total. The molecule has 4 rings (SSSR count). The summed E-state index contributed by atoms with van der Waals surface area (Å²) in [6.07, 6.45) is 6.42. The van der Waals surface area contributed by atoms with Gasteiger partial charge in [-0.25, -0.2) is 4.98 Å². The zero-order valence-corrected chi connectivity index (χ0v) is 11.2. The predicted molar refractivity (Wildman–Crippen MR) is 70.3 cm³/mol. The predicted octanol–water partition coefficient (Wildman–Crippen LogP) is 2.68. The summed E-state index contributed by atoms with van der Waals surface area (Å²) in [5, 5.41) is 6.27. The molecule has 3 saturated carbocycles. The fraction of sp³-hybridized carbons (Fsp3) is 0.714. The van der Waals surface area contributed by atoms with Gasteiger partial charge in [0, 0.05) is 17.2 Å². The van der Waals surface area contributed by atoms with Crippen molar-refractivity contribution in [1.82, 2.24) is 10.3 Å². The van der Waals surface area contributed by atoms with Crippen molar-refractivity contribution in [2.75, 3.05) is 0 Å². The van der Waals surface area contributed by atoms with Crippen molar-refractivity contribution in [3.05, 3.63) is 16.1 Å². The Morgan fingerprint density at radius 2 is 2.22 bits per heavy atom. The highest BCUT2D eigenvalue weighted by molar-refractivity contribution is 7.09. The molecule has 0 radical (unpaired) electrons. The fourth-order valence-corrected chi connectivity index (χ4v) is 3.64. The second-order valence-electron chi connectivity index (χ2n) is 6.00. The molecule has 0 bridgehead atoms. The number of hydrogen-bond donors (Lipinski definition) is 1. The molecule has 2 atom stereocenters. The monoisotopic (exact) mass is 262 g/mol. The summed E-state index contributed by atoms with van der Waals surface area (Å²) in [5.41, 5.74) is 1.24. The summed E-state index contributed by atoms with van der Waals surface area (Å²) >= 11 is 1.69. The summed E-state index contributed by atoms with van der Waals surface area (Å²) < 4.78 is 0. The highest BCUT2D eigenvalue weighted by Crippen LogP contribution is 2.54. The molecule has 0 saturated heterocycles. The van der Waals surface area contributed by atoms with E-state index < -0.39 is 0 Å². The van der Waals surface area contributed by atoms with Gasteiger partial charge in [0.2, 0.25) is 5.91 Å². The molecular weight excluding hydrogens is 244 g/mol. The maximum atomic E-state index is 11.9. The van der Waals surface area contributed by atoms with E-state index in [0.717, 1.165) is 17.3 Å². The van der Waals surface area contributed by atoms with Crippen molar-refractivity contribution < 1.29 is 4.79 Å². The standard InChI is InChI=1S/C14H18N2OS/c17-14(11-5-10(11)8-1-2-8)15-6-13-16-12(7-18-13)9-3-4-9/h7-11H,1-6H2,(H,15,17)/t10-,11-/m0/s1. The molecule has 96 valence electrons. The second kappa shape index (κ2) is 4.05. The van der Waals surface area contributed by atoms with E-state index in [0.29, 0.717) is 24.3 Å². The third-order valence-electron chi connectivity index (χ3n) is 4.38. The summed E-state index contributed by atoms with van der Waals surface area (Å²) in [6, 6.07) is 0. The van der Waals surface area contributed by atoms with Crippen molar-refractivity contribution in [3.63, 3.8) is 0 Å². The largest absolute Gasteiger partial charge is 0.349 e. The van der Waals surface area contributed by atoms with Gasteiger partial charge in [0.1, 0.15) is 5.01 Å². The third-order valence-corrected chi connectivity index (χ3v) is 5.25. The minimum Gasteiger partial charge on any atom is -0.349 e. The summed E-state index contributed by atoms with van der Waals surface area (Å²) in [4.78, 5) is 16.5. The topological polar surface area (TPSA) is 42.0 Å². The van der Waals surface area contributed by atoms with Crippen LogP contribution in [0.4, 0.5) is 0 Å². The van der Waals surface area contributed by atoms with Crippen LogP contribution in [0.3, 0.4) is 0 Å². The van der Waals surface area contributed by atoms with E-state index in [4.69, 9.17) is 0 Å². The molecule has 1 amide bonds. The van der Waals surface area contributed by atoms with Gasteiger partial charge >= 0.3 is 0 Å². The first kappa shape index (κ1) is 11.0. The normalized spacial score (nSPS) is 30.2. The molecule has 0 aromatic carbocycles. The lowest BCUT2D eigenvalue weighted by atomic mass is 10.2. The molecule has 3 fully saturated rings. The van der Waals surface area contributed by atoms with Gasteiger partial charge in [-0.15, -0.1) is 11.3 Å². The lowest BCUT2D eigenvalue weighted by Crippen LogP contribution is -2.25. The SMILES string of the molecule is O=C(NCc1nc(C2CC2)cs1)[C@H]1C[C@H]1C1CC1. The molecule has 1 N–H and O–H groups in total. The van der Waals surface area contributed by atoms with Gasteiger partial charge < -0.3 is 5.32 Å². The Morgan fingerprint density at radius 1 is 1.39 bits per heavy atom. The number of thiazole rings is 1. The van der Waals surface area contributed by atoms with Crippen LogP contribution in [0.1, 0.15) is 48.7 Å². The molecule has 0 unspecified atom stereocenters. The molecule has 1 aromatic rings. The van der Waals surface area contributed by atoms with Crippen LogP contribution in [0.25, 0.3) is 0 Å². The Kier molecular flexibility index (Phi) is 2.47. The smallest absolute Gasteiger partial charge is 0.223 e. The van der Waals surface area contributed by atoms with Crippen LogP contribution in [0.5, 0.6) is 0 Å². The Morgan fingerprint density at radius 3 is 2.94 bits per heavy atom. The van der Waals surface area contributed by atoms with E-state index in [-0.39, 0.29) is 5.91 Å². The first-order valence-electron chi connectivity index (χ1n) is 7.03. The zero-order valence-electron chi connectivity index (χ0n) is 10.4. The number of aromatic nitrogens is 1. The van der Waals surface area contributed by atoms with Gasteiger partial charge in [-0.1, -0.05) is 0 Å². The summed E-state index contributed by atoms with van der Waals surface area (Å²) in [7, 11) is 0. The molecular formula is C14H18N2OS. The zero-order chi connectivity index (χ0) is 12.1. The first-order chi connectivity index (χ1) is 8.81. The van der Waals surface area contributed by atoms with Gasteiger partial charge in [-0.05, 0) is 43.9 Å². The molecule has 1 heterocycles. The average molecular weight is 262 g/mol. The van der Waals surface area contributed by atoms with Gasteiger partial charge in [-0.2, -0.15) is 0 Å². The highest BCUT2D eigenvalue weighted by atomic mass is 32.1. The number of rotatable bonds is 5. The maximum absolute atomic E-state index is 11.9. The molecule has 18 heavy (non-hydrogen) atoms. The minimum absolute atomic E-state index is 0.259. The second-order valence-corrected chi connectivity index (χ2v) is 6.94. The van der Waals surface area contributed by atoms with E-state index in [1.54, 1.807) is 11.3 Å². The van der Waals surface area contributed by atoms with Gasteiger partial charge in [-0.3, -0.25) is 4.79 Å². The molecule has 3 aliphatic rings. The number of carbonyl (C=O) groups excluding carboxylic acids is 1. The number of carbonyl (C=O) groups is 1. The van der Waals surface area contributed by atoms with E-state index in [1.165, 1.54) is 31.4 Å². The van der Waals surface area contributed by atoms with Gasteiger partial charge in [0.25, 0.3) is 0 Å². The van der Waals surface area contributed by atoms with Crippen molar-refractivity contribution in [2.24, 2.45) is 17.8 Å². The maximum Gasteiger partial charge on any atom is 0.223 e. The molecule has 3 aliphatic carbocycles. The van der Waals surface area contributed by atoms with Crippen molar-refractivity contribution >= 4 is 17.2 Å². The van der Waals surface area contributed by atoms with Crippen LogP contribution in [0.15, 0.2) is 5.38 Å². The molecule has 0 aliphatic heterocycles. The highest BCUT2D eigenvalue weighted by Gasteiger charge is 2.50. The van der Waals surface area contributed by atoms with Crippen LogP contribution in [-0.4, -0.2) is 10.9 Å². The number of hydrogen-bond acceptors (Lipinski definition) is 3. The Hall–Kier alpha value is -0.900. The van der Waals surface area contributed by atoms with Crippen LogP contribution < -0.4 is 5.32 Å². The number of nitrogens with zero attached hydrogens (tertiary/aromatic N) is 1. The lowest BCUT2D eigenvalue weighted by molar-refractivity contribution is -0.122. The van der Waals surface area contributed by atoms with Crippen molar-refractivity contribution in [3.8, 4) is 0 Å². The first-order valence-corrected chi connectivity index (χ1v) is 7.91. The van der Waals surface area contributed by atoms with Gasteiger partial charge in [0.05, 0.1) is 12.2 Å². The van der Waals surface area contributed by atoms with Crippen LogP contribution in [-0.2, 0) is 11.3 Å². The Labute approximate surface area is 111 Å². The third kappa shape index (κ3) is 2.18. The molecule has 0 spiro atoms. The van der Waals surface area contributed by atoms with Crippen LogP contribution in [0.2, 0.25) is 0 Å². The van der Waals surface area contributed by atoms with E-state index in [1.807, 2.05) is 0 Å². The summed E-state index contributed by atoms with van der Waals surface area (Å²) in [5.74, 6) is 2.88. The number of amides is 1. The summed E-state index contributed by atoms with van der Waals surface area (Å²) in [6.45, 7) is 0.629. The van der Waals surface area contributed by atoms with Crippen LogP contribution >= 0.6 is 11.3 Å². The van der Waals surface area contributed by atoms with E-state index in [9.17, 15) is 4.79 Å². The molecule has 1 aromatic heterocycles. The molecule has 4 heteroatoms. The lowest BCUT2D eigenvalue weighted by Gasteiger charge is -2.01. The van der Waals surface area contributed by atoms with Crippen molar-refractivity contribution in [1.29, 1.82) is 0 Å². The Balaban J connectivity index is 1.28. The van der Waals surface area contributed by atoms with Gasteiger partial charge in [0.15, 0.2) is 0 Å². The fourth-order valence-electron chi connectivity index (χ4n) is 2.83. The van der Waals surface area contributed by atoms with Crippen molar-refractivity contribution in [2.45, 2.75) is 44.6 Å². The minimum atomic E-state index is 0.259. The van der Waals surface area contributed by atoms with Crippen LogP contribution in [0, 0.1) is 17.8 Å².